The Hall–Kier alpha value is -1.45. The summed E-state index contributed by atoms with van der Waals surface area (Å²) in [6, 6.07) is 9.12. The molecule has 1 N–H and O–H groups in total. The molecule has 2 nitrogen and oxygen atoms in total. The van der Waals surface area contributed by atoms with Crippen LogP contribution in [-0.4, -0.2) is 11.5 Å². The predicted octanol–water partition coefficient (Wildman–Crippen LogP) is 4.47. The first-order valence-corrected chi connectivity index (χ1v) is 7.58. The summed E-state index contributed by atoms with van der Waals surface area (Å²) in [7, 11) is 0. The van der Waals surface area contributed by atoms with Gasteiger partial charge in [-0.3, -0.25) is 4.98 Å². The Bertz CT molecular complexity index is 601. The number of halogens is 2. The lowest BCUT2D eigenvalue weighted by atomic mass is 9.97. The topological polar surface area (TPSA) is 24.9 Å². The summed E-state index contributed by atoms with van der Waals surface area (Å²) < 4.78 is 13.6. The maximum atomic E-state index is 13.6. The van der Waals surface area contributed by atoms with E-state index in [9.17, 15) is 4.39 Å². The molecule has 21 heavy (non-hydrogen) atoms. The second-order valence-corrected chi connectivity index (χ2v) is 5.54. The Morgan fingerprint density at radius 1 is 1.33 bits per heavy atom. The van der Waals surface area contributed by atoms with Gasteiger partial charge in [0, 0.05) is 17.9 Å². The summed E-state index contributed by atoms with van der Waals surface area (Å²) in [5.74, 6) is -0.369. The molecular weight excluding hydrogens is 287 g/mol. The maximum absolute atomic E-state index is 13.6. The molecule has 0 aliphatic rings. The molecule has 4 heteroatoms. The predicted molar refractivity (Wildman–Crippen MR) is 85.1 cm³/mol. The average Bonchev–Trinajstić information content (AvgIpc) is 2.48. The standard InChI is InChI=1S/C17H20ClFN2/c1-3-8-21-17(14-5-4-9-20-12(14)2)11-13-6-7-15(18)16(19)10-13/h4-7,9-10,17,21H,3,8,11H2,1-2H3. The molecular formula is C17H20ClFN2. The zero-order valence-electron chi connectivity index (χ0n) is 12.4. The molecule has 0 saturated heterocycles. The molecule has 1 atom stereocenters. The number of rotatable bonds is 6. The Balaban J connectivity index is 2.24. The fourth-order valence-corrected chi connectivity index (χ4v) is 2.50. The summed E-state index contributed by atoms with van der Waals surface area (Å²) in [5, 5.41) is 3.68. The zero-order chi connectivity index (χ0) is 15.2. The maximum Gasteiger partial charge on any atom is 0.142 e. The average molecular weight is 307 g/mol. The number of aromatic nitrogens is 1. The zero-order valence-corrected chi connectivity index (χ0v) is 13.1. The van der Waals surface area contributed by atoms with Gasteiger partial charge in [-0.1, -0.05) is 30.7 Å². The molecule has 112 valence electrons. The monoisotopic (exact) mass is 306 g/mol. The van der Waals surface area contributed by atoms with Crippen molar-refractivity contribution in [3.8, 4) is 0 Å². The van der Waals surface area contributed by atoms with E-state index in [-0.39, 0.29) is 16.9 Å². The smallest absolute Gasteiger partial charge is 0.142 e. The van der Waals surface area contributed by atoms with Gasteiger partial charge in [0.05, 0.1) is 5.02 Å². The van der Waals surface area contributed by atoms with Crippen molar-refractivity contribution in [2.75, 3.05) is 6.54 Å². The van der Waals surface area contributed by atoms with Gasteiger partial charge < -0.3 is 5.32 Å². The molecule has 1 aromatic carbocycles. The van der Waals surface area contributed by atoms with Crippen LogP contribution < -0.4 is 5.32 Å². The number of hydrogen-bond donors (Lipinski definition) is 1. The minimum atomic E-state index is -0.369. The third-order valence-corrected chi connectivity index (χ3v) is 3.79. The molecule has 1 heterocycles. The normalized spacial score (nSPS) is 12.4. The van der Waals surface area contributed by atoms with Gasteiger partial charge in [-0.05, 0) is 55.6 Å². The van der Waals surface area contributed by atoms with Crippen LogP contribution in [0.15, 0.2) is 36.5 Å². The quantitative estimate of drug-likeness (QED) is 0.852. The van der Waals surface area contributed by atoms with Crippen LogP contribution in [0.5, 0.6) is 0 Å². The molecule has 2 rings (SSSR count). The Kier molecular flexibility index (Phi) is 5.71. The van der Waals surface area contributed by atoms with Crippen molar-refractivity contribution in [3.05, 3.63) is 64.2 Å². The molecule has 0 amide bonds. The highest BCUT2D eigenvalue weighted by molar-refractivity contribution is 6.30. The molecule has 0 aliphatic carbocycles. The first kappa shape index (κ1) is 15.9. The van der Waals surface area contributed by atoms with E-state index in [0.717, 1.165) is 29.8 Å². The lowest BCUT2D eigenvalue weighted by molar-refractivity contribution is 0.523. The van der Waals surface area contributed by atoms with Crippen LogP contribution in [-0.2, 0) is 6.42 Å². The number of benzene rings is 1. The first-order chi connectivity index (χ1) is 10.1. The fourth-order valence-electron chi connectivity index (χ4n) is 2.38. The van der Waals surface area contributed by atoms with E-state index in [0.29, 0.717) is 6.42 Å². The van der Waals surface area contributed by atoms with Crippen molar-refractivity contribution in [1.82, 2.24) is 10.3 Å². The van der Waals surface area contributed by atoms with Gasteiger partial charge in [0.15, 0.2) is 0 Å². The molecule has 0 bridgehead atoms. The SMILES string of the molecule is CCCNC(Cc1ccc(Cl)c(F)c1)c1cccnc1C. The molecule has 0 saturated carbocycles. The van der Waals surface area contributed by atoms with Crippen molar-refractivity contribution in [1.29, 1.82) is 0 Å². The Morgan fingerprint density at radius 3 is 2.81 bits per heavy atom. The van der Waals surface area contributed by atoms with Crippen molar-refractivity contribution < 1.29 is 4.39 Å². The van der Waals surface area contributed by atoms with E-state index >= 15 is 0 Å². The molecule has 1 unspecified atom stereocenters. The summed E-state index contributed by atoms with van der Waals surface area (Å²) in [5.41, 5.74) is 3.08. The second kappa shape index (κ2) is 7.53. The van der Waals surface area contributed by atoms with Crippen molar-refractivity contribution in [2.24, 2.45) is 0 Å². The molecule has 0 spiro atoms. The van der Waals surface area contributed by atoms with Gasteiger partial charge in [-0.15, -0.1) is 0 Å². The van der Waals surface area contributed by atoms with Gasteiger partial charge in [0.25, 0.3) is 0 Å². The molecule has 0 fully saturated rings. The summed E-state index contributed by atoms with van der Waals surface area (Å²) in [6.07, 6.45) is 3.54. The van der Waals surface area contributed by atoms with Gasteiger partial charge in [0.2, 0.25) is 0 Å². The summed E-state index contributed by atoms with van der Waals surface area (Å²) in [4.78, 5) is 4.35. The highest BCUT2D eigenvalue weighted by Crippen LogP contribution is 2.23. The summed E-state index contributed by atoms with van der Waals surface area (Å²) >= 11 is 5.74. The lowest BCUT2D eigenvalue weighted by Crippen LogP contribution is -2.25. The van der Waals surface area contributed by atoms with Gasteiger partial charge >= 0.3 is 0 Å². The number of hydrogen-bond acceptors (Lipinski definition) is 2. The number of aryl methyl sites for hydroxylation is 1. The van der Waals surface area contributed by atoms with Gasteiger partial charge in [-0.2, -0.15) is 0 Å². The highest BCUT2D eigenvalue weighted by atomic mass is 35.5. The molecule has 2 aromatic rings. The minimum absolute atomic E-state index is 0.124. The van der Waals surface area contributed by atoms with Crippen molar-refractivity contribution in [3.63, 3.8) is 0 Å². The Morgan fingerprint density at radius 2 is 2.14 bits per heavy atom. The van der Waals surface area contributed by atoms with E-state index in [1.807, 2.05) is 19.1 Å². The first-order valence-electron chi connectivity index (χ1n) is 7.20. The van der Waals surface area contributed by atoms with E-state index in [2.05, 4.69) is 23.3 Å². The Labute approximate surface area is 130 Å². The number of nitrogens with one attached hydrogen (secondary N) is 1. The summed E-state index contributed by atoms with van der Waals surface area (Å²) in [6.45, 7) is 5.04. The van der Waals surface area contributed by atoms with E-state index in [4.69, 9.17) is 11.6 Å². The third kappa shape index (κ3) is 4.26. The van der Waals surface area contributed by atoms with Crippen LogP contribution in [0, 0.1) is 12.7 Å². The van der Waals surface area contributed by atoms with Crippen LogP contribution in [0.4, 0.5) is 4.39 Å². The minimum Gasteiger partial charge on any atom is -0.310 e. The van der Waals surface area contributed by atoms with Crippen LogP contribution >= 0.6 is 11.6 Å². The van der Waals surface area contributed by atoms with Crippen LogP contribution in [0.2, 0.25) is 5.02 Å². The number of nitrogens with zero attached hydrogens (tertiary/aromatic N) is 1. The molecule has 1 aromatic heterocycles. The van der Waals surface area contributed by atoms with E-state index < -0.39 is 0 Å². The van der Waals surface area contributed by atoms with Crippen LogP contribution in [0.1, 0.15) is 36.2 Å². The van der Waals surface area contributed by atoms with Crippen molar-refractivity contribution >= 4 is 11.6 Å². The van der Waals surface area contributed by atoms with E-state index in [1.165, 1.54) is 6.07 Å². The lowest BCUT2D eigenvalue weighted by Gasteiger charge is -2.20. The molecule has 0 aliphatic heterocycles. The van der Waals surface area contributed by atoms with E-state index in [1.54, 1.807) is 12.3 Å². The number of pyridine rings is 1. The molecule has 0 radical (unpaired) electrons. The van der Waals surface area contributed by atoms with Gasteiger partial charge in [0.1, 0.15) is 5.82 Å². The third-order valence-electron chi connectivity index (χ3n) is 3.49. The van der Waals surface area contributed by atoms with Gasteiger partial charge in [-0.25, -0.2) is 4.39 Å². The second-order valence-electron chi connectivity index (χ2n) is 5.14. The van der Waals surface area contributed by atoms with Crippen molar-refractivity contribution in [2.45, 2.75) is 32.7 Å². The van der Waals surface area contributed by atoms with Crippen LogP contribution in [0.3, 0.4) is 0 Å². The highest BCUT2D eigenvalue weighted by Gasteiger charge is 2.15. The fraction of sp³-hybridized carbons (Fsp3) is 0.353. The van der Waals surface area contributed by atoms with Crippen LogP contribution in [0.25, 0.3) is 0 Å². The largest absolute Gasteiger partial charge is 0.310 e.